The number of nitrogens with two attached hydrogens (primary N) is 1. The first-order chi connectivity index (χ1) is 8.34. The van der Waals surface area contributed by atoms with Crippen LogP contribution < -0.4 is 15.1 Å². The molecule has 0 aromatic carbocycles. The summed E-state index contributed by atoms with van der Waals surface area (Å²) in [4.78, 5) is 20.5. The van der Waals surface area contributed by atoms with E-state index in [1.807, 2.05) is 0 Å². The molecule has 0 saturated heterocycles. The van der Waals surface area contributed by atoms with Crippen molar-refractivity contribution in [3.63, 3.8) is 0 Å². The molecule has 1 aromatic rings. The van der Waals surface area contributed by atoms with Crippen LogP contribution in [0.25, 0.3) is 0 Å². The molecule has 0 saturated carbocycles. The first-order valence-corrected chi connectivity index (χ1v) is 6.67. The monoisotopic (exact) mass is 296 g/mol. The number of primary amides is 1. The molecule has 0 unspecified atom stereocenters. The zero-order chi connectivity index (χ0) is 13.9. The van der Waals surface area contributed by atoms with E-state index in [2.05, 4.69) is 13.8 Å². The highest BCUT2D eigenvalue weighted by molar-refractivity contribution is 7.69. The predicted molar refractivity (Wildman–Crippen MR) is 62.4 cm³/mol. The second kappa shape index (κ2) is 5.44. The lowest BCUT2D eigenvalue weighted by Crippen LogP contribution is -2.16. The Labute approximate surface area is 105 Å². The van der Waals surface area contributed by atoms with Gasteiger partial charge in [0.2, 0.25) is 0 Å². The lowest BCUT2D eigenvalue weighted by atomic mass is 10.5. The van der Waals surface area contributed by atoms with E-state index in [1.54, 1.807) is 0 Å². The average Bonchev–Trinajstić information content (AvgIpc) is 2.71. The molecule has 0 bridgehead atoms. The standard InChI is InChI=1S/C7H9N2O7PS/c1-14-17(13,15-2)5-3-4(9(11)12)6(18-5)16-7(8)10/h3H,1-2H3,(H2,8,10). The topological polar surface area (TPSA) is 131 Å². The van der Waals surface area contributed by atoms with Crippen LogP contribution in [0.15, 0.2) is 6.07 Å². The van der Waals surface area contributed by atoms with Gasteiger partial charge in [0.15, 0.2) is 0 Å². The van der Waals surface area contributed by atoms with Gasteiger partial charge >= 0.3 is 19.4 Å². The normalized spacial score (nSPS) is 11.2. The zero-order valence-electron chi connectivity index (χ0n) is 9.32. The van der Waals surface area contributed by atoms with Crippen molar-refractivity contribution in [2.24, 2.45) is 5.73 Å². The molecule has 1 heterocycles. The summed E-state index contributed by atoms with van der Waals surface area (Å²) in [6, 6.07) is 0.955. The minimum atomic E-state index is -3.64. The van der Waals surface area contributed by atoms with E-state index >= 15 is 0 Å². The maximum Gasteiger partial charge on any atom is 0.411 e. The van der Waals surface area contributed by atoms with E-state index in [-0.39, 0.29) is 9.68 Å². The molecule has 0 aliphatic rings. The Balaban J connectivity index is 3.29. The number of carbonyl (C=O) groups excluding carboxylic acids is 1. The van der Waals surface area contributed by atoms with Gasteiger partial charge in [0.1, 0.15) is 4.62 Å². The average molecular weight is 296 g/mol. The smallest absolute Gasteiger partial charge is 0.392 e. The molecule has 1 aromatic heterocycles. The largest absolute Gasteiger partial charge is 0.411 e. The lowest BCUT2D eigenvalue weighted by molar-refractivity contribution is -0.385. The van der Waals surface area contributed by atoms with Gasteiger partial charge in [-0.2, -0.15) is 0 Å². The van der Waals surface area contributed by atoms with Crippen molar-refractivity contribution in [1.82, 2.24) is 0 Å². The van der Waals surface area contributed by atoms with Crippen molar-refractivity contribution < 1.29 is 28.1 Å². The molecule has 0 fully saturated rings. The van der Waals surface area contributed by atoms with Crippen LogP contribution in [0.1, 0.15) is 0 Å². The molecule has 18 heavy (non-hydrogen) atoms. The van der Waals surface area contributed by atoms with E-state index in [4.69, 9.17) is 5.73 Å². The molecule has 100 valence electrons. The highest BCUT2D eigenvalue weighted by Crippen LogP contribution is 2.50. The van der Waals surface area contributed by atoms with E-state index in [0.717, 1.165) is 20.3 Å². The predicted octanol–water partition coefficient (Wildman–Crippen LogP) is 1.23. The van der Waals surface area contributed by atoms with Gasteiger partial charge in [-0.1, -0.05) is 11.3 Å². The van der Waals surface area contributed by atoms with Gasteiger partial charge in [-0.3, -0.25) is 14.7 Å². The first kappa shape index (κ1) is 14.6. The third-order valence-electron chi connectivity index (χ3n) is 1.81. The lowest BCUT2D eigenvalue weighted by Gasteiger charge is -2.09. The Morgan fingerprint density at radius 3 is 2.44 bits per heavy atom. The van der Waals surface area contributed by atoms with Gasteiger partial charge < -0.3 is 19.5 Å². The van der Waals surface area contributed by atoms with Crippen LogP contribution in [0, 0.1) is 10.1 Å². The van der Waals surface area contributed by atoms with Gasteiger partial charge in [0, 0.05) is 20.3 Å². The van der Waals surface area contributed by atoms with Crippen LogP contribution >= 0.6 is 18.9 Å². The Morgan fingerprint density at radius 2 is 2.06 bits per heavy atom. The van der Waals surface area contributed by atoms with Crippen LogP contribution in [0.2, 0.25) is 0 Å². The van der Waals surface area contributed by atoms with Gasteiger partial charge in [-0.25, -0.2) is 4.79 Å². The molecular formula is C7H9N2O7PS. The molecule has 0 aliphatic heterocycles. The summed E-state index contributed by atoms with van der Waals surface area (Å²) >= 11 is 0.594. The van der Waals surface area contributed by atoms with E-state index < -0.39 is 24.3 Å². The van der Waals surface area contributed by atoms with E-state index in [9.17, 15) is 19.5 Å². The number of amides is 1. The number of carbonyl (C=O) groups is 1. The maximum absolute atomic E-state index is 12.0. The van der Waals surface area contributed by atoms with Gasteiger partial charge in [-0.05, 0) is 0 Å². The quantitative estimate of drug-likeness (QED) is 0.491. The molecule has 2 N–H and O–H groups in total. The Hall–Kier alpha value is -1.48. The fourth-order valence-corrected chi connectivity index (χ4v) is 3.69. The van der Waals surface area contributed by atoms with Crippen molar-refractivity contribution in [3.05, 3.63) is 16.2 Å². The summed E-state index contributed by atoms with van der Waals surface area (Å²) in [5.41, 5.74) is 4.23. The molecule has 0 atom stereocenters. The third kappa shape index (κ3) is 2.85. The number of ether oxygens (including phenoxy) is 1. The minimum Gasteiger partial charge on any atom is -0.392 e. The number of hydrogen-bond acceptors (Lipinski definition) is 8. The molecular weight excluding hydrogens is 287 g/mol. The maximum atomic E-state index is 12.0. The summed E-state index contributed by atoms with van der Waals surface area (Å²) in [5.74, 6) is 0. The summed E-state index contributed by atoms with van der Waals surface area (Å²) in [7, 11) is -1.38. The summed E-state index contributed by atoms with van der Waals surface area (Å²) in [6.45, 7) is 0. The van der Waals surface area contributed by atoms with Crippen molar-refractivity contribution in [2.45, 2.75) is 0 Å². The van der Waals surface area contributed by atoms with Crippen molar-refractivity contribution in [3.8, 4) is 5.06 Å². The summed E-state index contributed by atoms with van der Waals surface area (Å²) in [6.07, 6.45) is -1.21. The molecule has 1 rings (SSSR count). The van der Waals surface area contributed by atoms with Crippen molar-refractivity contribution in [2.75, 3.05) is 14.2 Å². The molecule has 0 radical (unpaired) electrons. The van der Waals surface area contributed by atoms with Crippen LogP contribution in [0.3, 0.4) is 0 Å². The fraction of sp³-hybridized carbons (Fsp3) is 0.286. The summed E-state index contributed by atoms with van der Waals surface area (Å²) < 4.78 is 25.7. The zero-order valence-corrected chi connectivity index (χ0v) is 11.0. The van der Waals surface area contributed by atoms with E-state index in [0.29, 0.717) is 11.3 Å². The fourth-order valence-electron chi connectivity index (χ4n) is 1.03. The first-order valence-electron chi connectivity index (χ1n) is 4.31. The van der Waals surface area contributed by atoms with Gasteiger partial charge in [0.25, 0.3) is 5.06 Å². The Bertz CT molecular complexity index is 520. The molecule has 0 aliphatic carbocycles. The number of nitro groups is 1. The third-order valence-corrected chi connectivity index (χ3v) is 5.19. The van der Waals surface area contributed by atoms with Crippen LogP contribution in [0.4, 0.5) is 10.5 Å². The highest BCUT2D eigenvalue weighted by Gasteiger charge is 2.33. The van der Waals surface area contributed by atoms with E-state index in [1.165, 1.54) is 0 Å². The highest BCUT2D eigenvalue weighted by atomic mass is 32.1. The molecule has 9 nitrogen and oxygen atoms in total. The summed E-state index contributed by atoms with van der Waals surface area (Å²) in [5, 5.41) is 10.4. The molecule has 1 amide bonds. The Morgan fingerprint density at radius 1 is 1.50 bits per heavy atom. The van der Waals surface area contributed by atoms with Crippen molar-refractivity contribution in [1.29, 1.82) is 0 Å². The number of nitrogens with zero attached hydrogens (tertiary/aromatic N) is 1. The molecule has 0 spiro atoms. The SMILES string of the molecule is COP(=O)(OC)c1cc([N+](=O)[O-])c(OC(N)=O)s1. The van der Waals surface area contributed by atoms with Crippen LogP contribution in [-0.2, 0) is 13.6 Å². The Kier molecular flexibility index (Phi) is 4.41. The van der Waals surface area contributed by atoms with Crippen LogP contribution in [-0.4, -0.2) is 25.2 Å². The van der Waals surface area contributed by atoms with Gasteiger partial charge in [0.05, 0.1) is 4.92 Å². The number of rotatable bonds is 5. The van der Waals surface area contributed by atoms with Crippen LogP contribution in [0.5, 0.6) is 5.06 Å². The second-order valence-corrected chi connectivity index (χ2v) is 6.32. The number of hydrogen-bond donors (Lipinski definition) is 1. The van der Waals surface area contributed by atoms with Gasteiger partial charge in [-0.15, -0.1) is 0 Å². The van der Waals surface area contributed by atoms with Crippen molar-refractivity contribution >= 4 is 35.3 Å². The second-order valence-electron chi connectivity index (χ2n) is 2.80. The number of thiophene rings is 1. The molecule has 11 heteroatoms. The minimum absolute atomic E-state index is 0.0598.